The van der Waals surface area contributed by atoms with E-state index in [0.717, 1.165) is 29.3 Å². The van der Waals surface area contributed by atoms with Crippen LogP contribution in [0, 0.1) is 17.8 Å². The van der Waals surface area contributed by atoms with Crippen molar-refractivity contribution in [2.75, 3.05) is 4.90 Å². The van der Waals surface area contributed by atoms with E-state index in [-0.39, 0.29) is 23.0 Å². The molecule has 0 radical (unpaired) electrons. The molecule has 2 aliphatic heterocycles. The number of anilines is 3. The summed E-state index contributed by atoms with van der Waals surface area (Å²) in [6, 6.07) is 26.9. The van der Waals surface area contributed by atoms with Crippen LogP contribution in [0.5, 0.6) is 11.5 Å². The predicted octanol–water partition coefficient (Wildman–Crippen LogP) is 9.25. The van der Waals surface area contributed by atoms with Crippen molar-refractivity contribution in [1.82, 2.24) is 0 Å². The molecule has 0 atom stereocenters. The van der Waals surface area contributed by atoms with Crippen LogP contribution in [0.15, 0.2) is 66.7 Å². The van der Waals surface area contributed by atoms with Gasteiger partial charge in [0.25, 0.3) is 6.71 Å². The van der Waals surface area contributed by atoms with Crippen LogP contribution < -0.4 is 26.0 Å². The van der Waals surface area contributed by atoms with E-state index in [2.05, 4.69) is 113 Å². The van der Waals surface area contributed by atoms with Crippen molar-refractivity contribution < 1.29 is 4.74 Å². The van der Waals surface area contributed by atoms with Crippen molar-refractivity contribution >= 4 is 40.2 Å². The lowest BCUT2D eigenvalue weighted by Gasteiger charge is -2.57. The molecule has 4 fully saturated rings. The van der Waals surface area contributed by atoms with E-state index in [4.69, 9.17) is 4.74 Å². The molecule has 2 nitrogen and oxygen atoms in total. The Bertz CT molecular complexity index is 1940. The molecule has 7 aliphatic rings. The molecular weight excluding hydrogens is 569 g/mol. The highest BCUT2D eigenvalue weighted by Gasteiger charge is 2.53. The highest BCUT2D eigenvalue weighted by atomic mass is 16.5. The van der Waals surface area contributed by atoms with E-state index in [1.54, 1.807) is 5.56 Å². The minimum atomic E-state index is 0.0636. The maximum Gasteiger partial charge on any atom is 0.256 e. The average Bonchev–Trinajstić information content (AvgIpc) is 3.00. The van der Waals surface area contributed by atoms with Gasteiger partial charge in [0.05, 0.1) is 0 Å². The summed E-state index contributed by atoms with van der Waals surface area (Å²) in [7, 11) is 0. The van der Waals surface area contributed by atoms with Gasteiger partial charge in [0, 0.05) is 17.1 Å². The summed E-state index contributed by atoms with van der Waals surface area (Å²) in [6.45, 7) is 14.1. The van der Waals surface area contributed by atoms with E-state index in [9.17, 15) is 0 Å². The first-order valence-electron chi connectivity index (χ1n) is 18.5. The second kappa shape index (κ2) is 9.37. The summed E-state index contributed by atoms with van der Waals surface area (Å²) in [5.41, 5.74) is 15.8. The zero-order chi connectivity index (χ0) is 32.0. The number of hydrogen-bond donors (Lipinski definition) is 0. The first-order chi connectivity index (χ1) is 22.4. The average molecular weight is 618 g/mol. The zero-order valence-electron chi connectivity index (χ0n) is 29.2. The topological polar surface area (TPSA) is 12.5 Å². The Morgan fingerprint density at radius 2 is 1.26 bits per heavy atom. The molecular formula is C44H48BNO. The summed E-state index contributed by atoms with van der Waals surface area (Å²) in [6.07, 6.45) is 10.8. The van der Waals surface area contributed by atoms with Gasteiger partial charge in [-0.25, -0.2) is 0 Å². The van der Waals surface area contributed by atoms with Gasteiger partial charge in [-0.05, 0) is 166 Å². The molecule has 4 saturated carbocycles. The Kier molecular flexibility index (Phi) is 5.69. The zero-order valence-corrected chi connectivity index (χ0v) is 29.2. The van der Waals surface area contributed by atoms with Crippen LogP contribution in [-0.2, 0) is 29.1 Å². The molecule has 0 spiro atoms. The smallest absolute Gasteiger partial charge is 0.256 e. The summed E-state index contributed by atoms with van der Waals surface area (Å²) in [5.74, 6) is 4.90. The van der Waals surface area contributed by atoms with E-state index in [1.165, 1.54) is 107 Å². The van der Waals surface area contributed by atoms with Gasteiger partial charge >= 0.3 is 0 Å². The van der Waals surface area contributed by atoms with Crippen LogP contribution in [0.3, 0.4) is 0 Å². The van der Waals surface area contributed by atoms with Gasteiger partial charge in [-0.1, -0.05) is 71.9 Å². The van der Waals surface area contributed by atoms with Gasteiger partial charge in [-0.3, -0.25) is 0 Å². The fourth-order valence-electron chi connectivity index (χ4n) is 11.1. The molecule has 0 aromatic heterocycles. The molecule has 238 valence electrons. The van der Waals surface area contributed by atoms with Crippen LogP contribution in [0.1, 0.15) is 108 Å². The lowest BCUT2D eigenvalue weighted by atomic mass is 9.33. The van der Waals surface area contributed by atoms with Gasteiger partial charge < -0.3 is 9.64 Å². The van der Waals surface area contributed by atoms with Crippen LogP contribution in [0.2, 0.25) is 0 Å². The molecule has 5 aliphatic carbocycles. The van der Waals surface area contributed by atoms with Crippen molar-refractivity contribution in [3.05, 3.63) is 94.5 Å². The molecule has 0 saturated heterocycles. The number of ether oxygens (including phenoxy) is 1. The predicted molar refractivity (Wildman–Crippen MR) is 197 cm³/mol. The van der Waals surface area contributed by atoms with E-state index in [0.29, 0.717) is 0 Å². The lowest BCUT2D eigenvalue weighted by molar-refractivity contribution is -0.00522. The number of benzene rings is 4. The Morgan fingerprint density at radius 1 is 0.638 bits per heavy atom. The molecule has 4 aromatic carbocycles. The van der Waals surface area contributed by atoms with Crippen molar-refractivity contribution in [3.8, 4) is 11.5 Å². The summed E-state index contributed by atoms with van der Waals surface area (Å²) >= 11 is 0. The van der Waals surface area contributed by atoms with Crippen molar-refractivity contribution in [1.29, 1.82) is 0 Å². The molecule has 0 N–H and O–H groups in total. The number of aryl methyl sites for hydroxylation is 2. The van der Waals surface area contributed by atoms with Crippen LogP contribution >= 0.6 is 0 Å². The SMILES string of the molecule is CC(C)(C)c1ccc(N2c3ccc(C(C)(C)C)cc3B3c4cc5c(cc4Oc4cc(C67CC8CC(CC(C8)C6)C7)cc2c43)CC5)cc1. The third-order valence-electron chi connectivity index (χ3n) is 13.3. The number of nitrogens with zero attached hydrogens (tertiary/aromatic N) is 1. The lowest BCUT2D eigenvalue weighted by Crippen LogP contribution is -2.60. The first kappa shape index (κ1) is 28.5. The second-order valence-corrected chi connectivity index (χ2v) is 18.5. The van der Waals surface area contributed by atoms with Crippen molar-refractivity contribution in [3.63, 3.8) is 0 Å². The molecule has 4 bridgehead atoms. The third-order valence-corrected chi connectivity index (χ3v) is 13.3. The van der Waals surface area contributed by atoms with Crippen LogP contribution in [0.4, 0.5) is 17.1 Å². The Hall–Kier alpha value is -3.46. The minimum absolute atomic E-state index is 0.0636. The molecule has 47 heavy (non-hydrogen) atoms. The standard InChI is InChI=1S/C44H48BNO/c1-42(2,3)31-9-12-34(13-10-31)46-37-14-11-32(43(4,5)6)20-35(37)45-36-18-29-7-8-30(29)19-39(36)47-40-22-33(21-38(46)41(40)45)44-23-26-15-27(24-44)17-28(16-26)25-44/h9-14,18-22,26-28H,7-8,15-17,23-25H2,1-6H3. The molecule has 0 amide bonds. The van der Waals surface area contributed by atoms with Crippen molar-refractivity contribution in [2.45, 2.75) is 109 Å². The normalized spacial score (nSPS) is 26.2. The largest absolute Gasteiger partial charge is 0.458 e. The summed E-state index contributed by atoms with van der Waals surface area (Å²) in [4.78, 5) is 2.60. The monoisotopic (exact) mass is 617 g/mol. The summed E-state index contributed by atoms with van der Waals surface area (Å²) in [5, 5.41) is 0. The molecule has 4 aromatic rings. The fraction of sp³-hybridized carbons (Fsp3) is 0.455. The highest BCUT2D eigenvalue weighted by molar-refractivity contribution is 6.99. The third kappa shape index (κ3) is 4.17. The molecule has 0 unspecified atom stereocenters. The number of rotatable bonds is 2. The summed E-state index contributed by atoms with van der Waals surface area (Å²) < 4.78 is 7.13. The minimum Gasteiger partial charge on any atom is -0.458 e. The second-order valence-electron chi connectivity index (χ2n) is 18.5. The molecule has 2 heterocycles. The first-order valence-corrected chi connectivity index (χ1v) is 18.5. The van der Waals surface area contributed by atoms with Gasteiger partial charge in [0.2, 0.25) is 0 Å². The maximum absolute atomic E-state index is 7.13. The highest BCUT2D eigenvalue weighted by Crippen LogP contribution is 2.61. The van der Waals surface area contributed by atoms with Gasteiger partial charge in [0.1, 0.15) is 11.5 Å². The van der Waals surface area contributed by atoms with Gasteiger partial charge in [-0.2, -0.15) is 0 Å². The molecule has 11 rings (SSSR count). The van der Waals surface area contributed by atoms with E-state index in [1.807, 2.05) is 0 Å². The Labute approximate surface area is 282 Å². The number of fused-ring (bicyclic) bond motifs is 5. The van der Waals surface area contributed by atoms with Crippen molar-refractivity contribution in [2.24, 2.45) is 17.8 Å². The maximum atomic E-state index is 7.13. The van der Waals surface area contributed by atoms with Crippen LogP contribution in [-0.4, -0.2) is 6.71 Å². The molecule has 3 heteroatoms. The van der Waals surface area contributed by atoms with Gasteiger partial charge in [-0.15, -0.1) is 0 Å². The van der Waals surface area contributed by atoms with E-state index >= 15 is 0 Å². The quantitative estimate of drug-likeness (QED) is 0.180. The Balaban J connectivity index is 1.24. The van der Waals surface area contributed by atoms with E-state index < -0.39 is 0 Å². The van der Waals surface area contributed by atoms with Gasteiger partial charge in [0.15, 0.2) is 0 Å². The van der Waals surface area contributed by atoms with Crippen LogP contribution in [0.25, 0.3) is 0 Å². The number of hydrogen-bond acceptors (Lipinski definition) is 2. The Morgan fingerprint density at radius 3 is 1.87 bits per heavy atom. The fourth-order valence-corrected chi connectivity index (χ4v) is 11.1.